The molecule has 1 aliphatic heterocycles. The Morgan fingerprint density at radius 1 is 1.47 bits per heavy atom. The molecule has 3 atom stereocenters. The topological polar surface area (TPSA) is 34.1 Å². The maximum Gasteiger partial charge on any atom is 0.137 e. The highest BCUT2D eigenvalue weighted by Gasteiger charge is 2.36. The smallest absolute Gasteiger partial charge is 0.137 e. The molecule has 1 saturated heterocycles. The highest BCUT2D eigenvalue weighted by molar-refractivity contribution is 5.30. The number of rotatable bonds is 5. The van der Waals surface area contributed by atoms with E-state index in [0.717, 1.165) is 30.7 Å². The van der Waals surface area contributed by atoms with Crippen molar-refractivity contribution >= 4 is 0 Å². The molecular weight excluding hydrogens is 212 g/mol. The normalized spacial score (nSPS) is 30.8. The lowest BCUT2D eigenvalue weighted by Gasteiger charge is -2.27. The third kappa shape index (κ3) is 2.44. The van der Waals surface area contributed by atoms with Crippen LogP contribution < -0.4 is 10.1 Å². The van der Waals surface area contributed by atoms with Gasteiger partial charge >= 0.3 is 0 Å². The van der Waals surface area contributed by atoms with Crippen molar-refractivity contribution in [2.75, 3.05) is 13.2 Å². The fourth-order valence-corrected chi connectivity index (χ4v) is 2.51. The van der Waals surface area contributed by atoms with E-state index < -0.39 is 0 Å². The van der Waals surface area contributed by atoms with Gasteiger partial charge in [0.1, 0.15) is 12.4 Å². The third-order valence-electron chi connectivity index (χ3n) is 3.99. The Labute approximate surface area is 103 Å². The van der Waals surface area contributed by atoms with E-state index in [1.165, 1.54) is 24.8 Å². The summed E-state index contributed by atoms with van der Waals surface area (Å²) in [7, 11) is 0. The first-order chi connectivity index (χ1) is 8.36. The second kappa shape index (κ2) is 4.65. The molecule has 0 radical (unpaired) electrons. The number of aromatic nitrogens is 1. The summed E-state index contributed by atoms with van der Waals surface area (Å²) in [5.41, 5.74) is 1.36. The molecule has 0 amide bonds. The van der Waals surface area contributed by atoms with Gasteiger partial charge in [-0.25, -0.2) is 0 Å². The molecule has 1 saturated carbocycles. The van der Waals surface area contributed by atoms with E-state index >= 15 is 0 Å². The predicted octanol–water partition coefficient (Wildman–Crippen LogP) is 2.34. The van der Waals surface area contributed by atoms with E-state index in [1.54, 1.807) is 0 Å². The molecule has 0 aromatic carbocycles. The highest BCUT2D eigenvalue weighted by atomic mass is 16.5. The molecule has 1 N–H and O–H groups in total. The van der Waals surface area contributed by atoms with Crippen LogP contribution in [0.15, 0.2) is 18.5 Å². The quantitative estimate of drug-likeness (QED) is 0.846. The minimum atomic E-state index is 0.544. The van der Waals surface area contributed by atoms with Crippen LogP contribution in [0.4, 0.5) is 0 Å². The van der Waals surface area contributed by atoms with Gasteiger partial charge in [0, 0.05) is 12.2 Å². The minimum absolute atomic E-state index is 0.544. The standard InChI is InChI=1S/C14H20N2O/c1-2-10-6-14(10)11-5-13(8-15-7-11)17-9-12-3-4-16-12/h5,7-8,10,12,14,16H,2-4,6,9H2,1H3/t10-,12-,14?/m0/s1. The molecule has 3 rings (SSSR count). The average molecular weight is 232 g/mol. The Balaban J connectivity index is 1.58. The van der Waals surface area contributed by atoms with Gasteiger partial charge in [-0.05, 0) is 42.9 Å². The van der Waals surface area contributed by atoms with E-state index in [0.29, 0.717) is 6.04 Å². The molecule has 2 aliphatic rings. The first kappa shape index (κ1) is 11.0. The van der Waals surface area contributed by atoms with Crippen molar-refractivity contribution in [2.24, 2.45) is 5.92 Å². The van der Waals surface area contributed by atoms with Crippen LogP contribution in [0, 0.1) is 5.92 Å². The third-order valence-corrected chi connectivity index (χ3v) is 3.99. The van der Waals surface area contributed by atoms with Crippen LogP contribution in [0.3, 0.4) is 0 Å². The van der Waals surface area contributed by atoms with E-state index in [-0.39, 0.29) is 0 Å². The van der Waals surface area contributed by atoms with Crippen molar-refractivity contribution in [1.82, 2.24) is 10.3 Å². The summed E-state index contributed by atoms with van der Waals surface area (Å²) in [4.78, 5) is 4.29. The molecular formula is C14H20N2O. The number of nitrogens with zero attached hydrogens (tertiary/aromatic N) is 1. The van der Waals surface area contributed by atoms with Crippen molar-refractivity contribution < 1.29 is 4.74 Å². The summed E-state index contributed by atoms with van der Waals surface area (Å²) < 4.78 is 5.77. The Morgan fingerprint density at radius 2 is 2.35 bits per heavy atom. The number of pyridine rings is 1. The fourth-order valence-electron chi connectivity index (χ4n) is 2.51. The van der Waals surface area contributed by atoms with Gasteiger partial charge in [-0.2, -0.15) is 0 Å². The van der Waals surface area contributed by atoms with Crippen LogP contribution in [0.25, 0.3) is 0 Å². The number of hydrogen-bond donors (Lipinski definition) is 1. The van der Waals surface area contributed by atoms with E-state index in [2.05, 4.69) is 23.3 Å². The lowest BCUT2D eigenvalue weighted by atomic mass is 10.1. The summed E-state index contributed by atoms with van der Waals surface area (Å²) >= 11 is 0. The molecule has 3 heteroatoms. The van der Waals surface area contributed by atoms with Gasteiger partial charge in [0.2, 0.25) is 0 Å². The maximum atomic E-state index is 5.77. The Kier molecular flexibility index (Phi) is 3.02. The number of nitrogens with one attached hydrogen (secondary N) is 1. The second-order valence-corrected chi connectivity index (χ2v) is 5.22. The van der Waals surface area contributed by atoms with Gasteiger partial charge in [0.15, 0.2) is 0 Å². The predicted molar refractivity (Wildman–Crippen MR) is 67.3 cm³/mol. The van der Waals surface area contributed by atoms with Gasteiger partial charge in [0.05, 0.1) is 6.20 Å². The first-order valence-electron chi connectivity index (χ1n) is 6.68. The molecule has 1 aromatic rings. The summed E-state index contributed by atoms with van der Waals surface area (Å²) in [6, 6.07) is 2.72. The van der Waals surface area contributed by atoms with Crippen LogP contribution in [0.5, 0.6) is 5.75 Å². The van der Waals surface area contributed by atoms with Crippen LogP contribution in [0.2, 0.25) is 0 Å². The Bertz CT molecular complexity index is 390. The molecule has 17 heavy (non-hydrogen) atoms. The summed E-state index contributed by atoms with van der Waals surface area (Å²) in [5.74, 6) is 2.54. The molecule has 3 nitrogen and oxygen atoms in total. The lowest BCUT2D eigenvalue weighted by Crippen LogP contribution is -2.46. The first-order valence-corrected chi connectivity index (χ1v) is 6.68. The Morgan fingerprint density at radius 3 is 3.00 bits per heavy atom. The van der Waals surface area contributed by atoms with Crippen molar-refractivity contribution in [1.29, 1.82) is 0 Å². The zero-order valence-corrected chi connectivity index (χ0v) is 10.4. The van der Waals surface area contributed by atoms with Crippen molar-refractivity contribution in [3.63, 3.8) is 0 Å². The molecule has 92 valence electrons. The summed E-state index contributed by atoms with van der Waals surface area (Å²) in [5, 5.41) is 3.34. The molecule has 2 fully saturated rings. The molecule has 1 aliphatic carbocycles. The monoisotopic (exact) mass is 232 g/mol. The highest BCUT2D eigenvalue weighted by Crippen LogP contribution is 2.49. The zero-order valence-electron chi connectivity index (χ0n) is 10.4. The zero-order chi connectivity index (χ0) is 11.7. The van der Waals surface area contributed by atoms with Gasteiger partial charge in [-0.15, -0.1) is 0 Å². The van der Waals surface area contributed by atoms with Gasteiger partial charge in [-0.1, -0.05) is 13.3 Å². The van der Waals surface area contributed by atoms with Crippen LogP contribution in [-0.2, 0) is 0 Å². The number of ether oxygens (including phenoxy) is 1. The lowest BCUT2D eigenvalue weighted by molar-refractivity contribution is 0.217. The molecule has 0 spiro atoms. The minimum Gasteiger partial charge on any atom is -0.490 e. The van der Waals surface area contributed by atoms with Crippen LogP contribution in [0.1, 0.15) is 37.7 Å². The summed E-state index contributed by atoms with van der Waals surface area (Å²) in [6.45, 7) is 4.17. The van der Waals surface area contributed by atoms with E-state index in [9.17, 15) is 0 Å². The second-order valence-electron chi connectivity index (χ2n) is 5.22. The van der Waals surface area contributed by atoms with Gasteiger partial charge in [-0.3, -0.25) is 4.98 Å². The molecule has 1 aromatic heterocycles. The van der Waals surface area contributed by atoms with E-state index in [4.69, 9.17) is 4.74 Å². The van der Waals surface area contributed by atoms with Gasteiger partial charge in [0.25, 0.3) is 0 Å². The van der Waals surface area contributed by atoms with Crippen molar-refractivity contribution in [3.05, 3.63) is 24.0 Å². The van der Waals surface area contributed by atoms with E-state index in [1.807, 2.05) is 12.4 Å². The van der Waals surface area contributed by atoms with Crippen molar-refractivity contribution in [3.8, 4) is 5.75 Å². The largest absolute Gasteiger partial charge is 0.490 e. The van der Waals surface area contributed by atoms with Crippen molar-refractivity contribution in [2.45, 2.75) is 38.1 Å². The number of hydrogen-bond acceptors (Lipinski definition) is 3. The maximum absolute atomic E-state index is 5.77. The molecule has 0 bridgehead atoms. The molecule has 2 heterocycles. The van der Waals surface area contributed by atoms with Crippen LogP contribution in [-0.4, -0.2) is 24.2 Å². The average Bonchev–Trinajstić information content (AvgIpc) is 3.07. The van der Waals surface area contributed by atoms with Gasteiger partial charge < -0.3 is 10.1 Å². The summed E-state index contributed by atoms with van der Waals surface area (Å²) in [6.07, 6.45) is 7.65. The van der Waals surface area contributed by atoms with Crippen LogP contribution >= 0.6 is 0 Å². The molecule has 1 unspecified atom stereocenters. The fraction of sp³-hybridized carbons (Fsp3) is 0.643. The SMILES string of the molecule is CC[C@H]1CC1c1cncc(OC[C@@H]2CCN2)c1. The Hall–Kier alpha value is -1.09.